The number of carbonyl (C=O) groups excluding carboxylic acids is 4. The lowest BCUT2D eigenvalue weighted by molar-refractivity contribution is 0.0555. The van der Waals surface area contributed by atoms with Gasteiger partial charge in [0.2, 0.25) is 0 Å². The Kier molecular flexibility index (Phi) is 7.15. The third kappa shape index (κ3) is 4.15. The molecule has 5 rings (SSSR count). The topological polar surface area (TPSA) is 105 Å². The first-order valence-electron chi connectivity index (χ1n) is 12.6. The second-order valence-electron chi connectivity index (χ2n) is 9.33. The number of rotatable bonds is 6. The van der Waals surface area contributed by atoms with Crippen LogP contribution in [0.5, 0.6) is 0 Å². The fourth-order valence-electron chi connectivity index (χ4n) is 5.71. The summed E-state index contributed by atoms with van der Waals surface area (Å²) in [5.74, 6) is -2.79. The standard InChI is InChI=1S/C33H26O8/c1-38-29(34)23-15-13-19(17-25(23)31(36)40-3)33(20-14-16-24(30(35)39-2)26(18-20)32(37)41-4)27-11-7-5-9-21(27)22-10-6-8-12-28(22)33/h5-18H,1-4H3. The highest BCUT2D eigenvalue weighted by Gasteiger charge is 2.47. The number of hydrogen-bond donors (Lipinski definition) is 0. The van der Waals surface area contributed by atoms with E-state index in [-0.39, 0.29) is 22.3 Å². The molecule has 4 aromatic carbocycles. The first-order chi connectivity index (χ1) is 19.8. The molecule has 41 heavy (non-hydrogen) atoms. The summed E-state index contributed by atoms with van der Waals surface area (Å²) in [6.07, 6.45) is 0. The minimum Gasteiger partial charge on any atom is -0.465 e. The third-order valence-electron chi connectivity index (χ3n) is 7.48. The van der Waals surface area contributed by atoms with Crippen molar-refractivity contribution in [1.29, 1.82) is 0 Å². The Hall–Kier alpha value is -5.24. The summed E-state index contributed by atoms with van der Waals surface area (Å²) in [6, 6.07) is 25.5. The molecule has 8 heteroatoms. The number of hydrogen-bond acceptors (Lipinski definition) is 8. The summed E-state index contributed by atoms with van der Waals surface area (Å²) < 4.78 is 19.9. The van der Waals surface area contributed by atoms with Gasteiger partial charge in [0.15, 0.2) is 0 Å². The lowest BCUT2D eigenvalue weighted by Crippen LogP contribution is -2.30. The van der Waals surface area contributed by atoms with Gasteiger partial charge in [0.1, 0.15) is 0 Å². The van der Waals surface area contributed by atoms with E-state index in [0.717, 1.165) is 22.3 Å². The molecule has 0 fully saturated rings. The molecular formula is C33H26O8. The van der Waals surface area contributed by atoms with Gasteiger partial charge in [0.05, 0.1) is 56.1 Å². The molecule has 0 saturated heterocycles. The second kappa shape index (κ2) is 10.7. The van der Waals surface area contributed by atoms with Gasteiger partial charge in [-0.15, -0.1) is 0 Å². The number of fused-ring (bicyclic) bond motifs is 3. The zero-order valence-electron chi connectivity index (χ0n) is 22.8. The van der Waals surface area contributed by atoms with Crippen LogP contribution in [0.15, 0.2) is 84.9 Å². The van der Waals surface area contributed by atoms with Crippen LogP contribution in [-0.4, -0.2) is 52.3 Å². The molecule has 1 aliphatic carbocycles. The van der Waals surface area contributed by atoms with Gasteiger partial charge >= 0.3 is 23.9 Å². The number of ether oxygens (including phenoxy) is 4. The third-order valence-corrected chi connectivity index (χ3v) is 7.48. The largest absolute Gasteiger partial charge is 0.465 e. The van der Waals surface area contributed by atoms with E-state index in [9.17, 15) is 19.2 Å². The summed E-state index contributed by atoms with van der Waals surface area (Å²) >= 11 is 0. The van der Waals surface area contributed by atoms with Gasteiger partial charge in [-0.1, -0.05) is 60.7 Å². The fourth-order valence-corrected chi connectivity index (χ4v) is 5.71. The van der Waals surface area contributed by atoms with Crippen LogP contribution in [0.1, 0.15) is 63.7 Å². The Morgan fingerprint density at radius 2 is 0.805 bits per heavy atom. The van der Waals surface area contributed by atoms with Crippen molar-refractivity contribution in [3.63, 3.8) is 0 Å². The highest BCUT2D eigenvalue weighted by Crippen LogP contribution is 2.56. The number of carbonyl (C=O) groups is 4. The van der Waals surface area contributed by atoms with E-state index >= 15 is 0 Å². The summed E-state index contributed by atoms with van der Waals surface area (Å²) in [4.78, 5) is 51.1. The smallest absolute Gasteiger partial charge is 0.338 e. The molecule has 0 unspecified atom stereocenters. The van der Waals surface area contributed by atoms with Gasteiger partial charge in [-0.2, -0.15) is 0 Å². The van der Waals surface area contributed by atoms with Crippen molar-refractivity contribution in [3.8, 4) is 11.1 Å². The molecule has 0 heterocycles. The zero-order valence-corrected chi connectivity index (χ0v) is 22.8. The van der Waals surface area contributed by atoms with Crippen LogP contribution in [-0.2, 0) is 24.4 Å². The average molecular weight is 551 g/mol. The summed E-state index contributed by atoms with van der Waals surface area (Å²) in [5, 5.41) is 0. The molecule has 0 atom stereocenters. The number of esters is 4. The average Bonchev–Trinajstić information content (AvgIpc) is 3.33. The van der Waals surface area contributed by atoms with Crippen molar-refractivity contribution in [2.75, 3.05) is 28.4 Å². The quantitative estimate of drug-likeness (QED) is 0.210. The van der Waals surface area contributed by atoms with Gasteiger partial charge in [-0.05, 0) is 57.6 Å². The monoisotopic (exact) mass is 550 g/mol. The van der Waals surface area contributed by atoms with Crippen molar-refractivity contribution in [2.45, 2.75) is 5.41 Å². The molecule has 206 valence electrons. The number of methoxy groups -OCH3 is 4. The fraction of sp³-hybridized carbons (Fsp3) is 0.152. The van der Waals surface area contributed by atoms with E-state index in [4.69, 9.17) is 18.9 Å². The molecular weight excluding hydrogens is 524 g/mol. The van der Waals surface area contributed by atoms with Crippen LogP contribution >= 0.6 is 0 Å². The summed E-state index contributed by atoms with van der Waals surface area (Å²) in [7, 11) is 4.94. The van der Waals surface area contributed by atoms with Crippen LogP contribution < -0.4 is 0 Å². The summed E-state index contributed by atoms with van der Waals surface area (Å²) in [5.41, 5.74) is 4.01. The zero-order chi connectivity index (χ0) is 29.3. The molecule has 4 aromatic rings. The van der Waals surface area contributed by atoms with Crippen LogP contribution in [0, 0.1) is 0 Å². The molecule has 0 bridgehead atoms. The predicted octanol–water partition coefficient (Wildman–Crippen LogP) is 5.20. The van der Waals surface area contributed by atoms with E-state index < -0.39 is 29.3 Å². The molecule has 0 radical (unpaired) electrons. The Balaban J connectivity index is 1.93. The van der Waals surface area contributed by atoms with E-state index in [1.54, 1.807) is 24.3 Å². The van der Waals surface area contributed by atoms with E-state index in [1.807, 2.05) is 48.5 Å². The maximum absolute atomic E-state index is 12.9. The van der Waals surface area contributed by atoms with Crippen LogP contribution in [0.2, 0.25) is 0 Å². The second-order valence-corrected chi connectivity index (χ2v) is 9.33. The van der Waals surface area contributed by atoms with Gasteiger partial charge in [0, 0.05) is 0 Å². The van der Waals surface area contributed by atoms with Crippen molar-refractivity contribution in [2.24, 2.45) is 0 Å². The lowest BCUT2D eigenvalue weighted by atomic mass is 9.67. The van der Waals surface area contributed by atoms with Crippen LogP contribution in [0.25, 0.3) is 11.1 Å². The van der Waals surface area contributed by atoms with Crippen LogP contribution in [0.3, 0.4) is 0 Å². The predicted molar refractivity (Wildman–Crippen MR) is 149 cm³/mol. The molecule has 0 aromatic heterocycles. The molecule has 0 saturated carbocycles. The maximum atomic E-state index is 12.9. The first kappa shape index (κ1) is 27.3. The van der Waals surface area contributed by atoms with Gasteiger partial charge in [0.25, 0.3) is 0 Å². The first-order valence-corrected chi connectivity index (χ1v) is 12.6. The minimum absolute atomic E-state index is 0.0254. The molecule has 0 aliphatic heterocycles. The molecule has 8 nitrogen and oxygen atoms in total. The normalized spacial score (nSPS) is 12.5. The Morgan fingerprint density at radius 3 is 1.17 bits per heavy atom. The highest BCUT2D eigenvalue weighted by atomic mass is 16.5. The minimum atomic E-state index is -1.07. The number of benzene rings is 4. The summed E-state index contributed by atoms with van der Waals surface area (Å²) in [6.45, 7) is 0. The van der Waals surface area contributed by atoms with Gasteiger partial charge in [-0.25, -0.2) is 19.2 Å². The van der Waals surface area contributed by atoms with Crippen molar-refractivity contribution in [3.05, 3.63) is 129 Å². The highest BCUT2D eigenvalue weighted by molar-refractivity contribution is 6.05. The maximum Gasteiger partial charge on any atom is 0.338 e. The van der Waals surface area contributed by atoms with Crippen LogP contribution in [0.4, 0.5) is 0 Å². The molecule has 0 N–H and O–H groups in total. The molecule has 0 amide bonds. The van der Waals surface area contributed by atoms with E-state index in [2.05, 4.69) is 0 Å². The van der Waals surface area contributed by atoms with Gasteiger partial charge < -0.3 is 18.9 Å². The van der Waals surface area contributed by atoms with Crippen molar-refractivity contribution >= 4 is 23.9 Å². The van der Waals surface area contributed by atoms with Crippen molar-refractivity contribution in [1.82, 2.24) is 0 Å². The van der Waals surface area contributed by atoms with E-state index in [1.165, 1.54) is 40.6 Å². The Morgan fingerprint density at radius 1 is 0.463 bits per heavy atom. The molecule has 1 aliphatic rings. The van der Waals surface area contributed by atoms with Crippen molar-refractivity contribution < 1.29 is 38.1 Å². The SMILES string of the molecule is COC(=O)c1ccc(C2(c3ccc(C(=O)OC)c(C(=O)OC)c3)c3ccccc3-c3ccccc32)cc1C(=O)OC. The Bertz CT molecular complexity index is 1590. The Labute approximate surface area is 236 Å². The van der Waals surface area contributed by atoms with E-state index in [0.29, 0.717) is 11.1 Å². The molecule has 0 spiro atoms. The van der Waals surface area contributed by atoms with Gasteiger partial charge in [-0.3, -0.25) is 0 Å². The lowest BCUT2D eigenvalue weighted by Gasteiger charge is -2.34.